The van der Waals surface area contributed by atoms with E-state index in [0.717, 1.165) is 0 Å². The molecule has 4 rings (SSSR count). The van der Waals surface area contributed by atoms with E-state index in [4.69, 9.17) is 20.9 Å². The number of methoxy groups -OCH3 is 1. The molecule has 2 aromatic carbocycles. The molecular formula is C22H17ClF2N4O3. The van der Waals surface area contributed by atoms with Gasteiger partial charge >= 0.3 is 0 Å². The van der Waals surface area contributed by atoms with E-state index in [0.29, 0.717) is 16.8 Å². The van der Waals surface area contributed by atoms with E-state index in [2.05, 4.69) is 15.5 Å². The summed E-state index contributed by atoms with van der Waals surface area (Å²) < 4.78 is 39.0. The predicted molar refractivity (Wildman–Crippen MR) is 113 cm³/mol. The third-order valence-electron chi connectivity index (χ3n) is 4.69. The summed E-state index contributed by atoms with van der Waals surface area (Å²) in [5.41, 5.74) is 1.54. The predicted octanol–water partition coefficient (Wildman–Crippen LogP) is 4.46. The van der Waals surface area contributed by atoms with Gasteiger partial charge in [0.1, 0.15) is 18.1 Å². The highest BCUT2D eigenvalue weighted by molar-refractivity contribution is 6.31. The van der Waals surface area contributed by atoms with Crippen molar-refractivity contribution < 1.29 is 22.8 Å². The topological polar surface area (TPSA) is 82.2 Å². The lowest BCUT2D eigenvalue weighted by Crippen LogP contribution is -2.27. The first-order valence-corrected chi connectivity index (χ1v) is 9.86. The quantitative estimate of drug-likeness (QED) is 0.442. The Hall–Kier alpha value is -3.72. The Morgan fingerprint density at radius 3 is 2.81 bits per heavy atom. The van der Waals surface area contributed by atoms with Crippen LogP contribution in [0.3, 0.4) is 0 Å². The molecule has 1 N–H and O–H groups in total. The Kier molecular flexibility index (Phi) is 6.18. The van der Waals surface area contributed by atoms with Gasteiger partial charge in [0.05, 0.1) is 7.11 Å². The number of rotatable bonds is 7. The smallest absolute Gasteiger partial charge is 0.274 e. The summed E-state index contributed by atoms with van der Waals surface area (Å²) >= 11 is 5.99. The third-order valence-corrected chi connectivity index (χ3v) is 5.04. The fourth-order valence-electron chi connectivity index (χ4n) is 3.07. The fraction of sp³-hybridized carbons (Fsp3) is 0.136. The van der Waals surface area contributed by atoms with E-state index in [9.17, 15) is 13.6 Å². The van der Waals surface area contributed by atoms with Crippen LogP contribution in [0.2, 0.25) is 5.02 Å². The van der Waals surface area contributed by atoms with E-state index < -0.39 is 11.6 Å². The molecule has 0 fully saturated rings. The number of benzene rings is 2. The lowest BCUT2D eigenvalue weighted by molar-refractivity contribution is -0.121. The molecule has 0 saturated carbocycles. The molecule has 4 aromatic rings. The van der Waals surface area contributed by atoms with E-state index in [1.54, 1.807) is 29.0 Å². The zero-order valence-corrected chi connectivity index (χ0v) is 17.6. The maximum absolute atomic E-state index is 14.0. The number of halogens is 3. The Morgan fingerprint density at radius 2 is 2.06 bits per heavy atom. The van der Waals surface area contributed by atoms with E-state index in [1.165, 1.54) is 37.4 Å². The molecule has 0 atom stereocenters. The van der Waals surface area contributed by atoms with Crippen molar-refractivity contribution in [2.24, 2.45) is 0 Å². The summed E-state index contributed by atoms with van der Waals surface area (Å²) in [5.74, 6) is -0.796. The molecule has 0 spiro atoms. The van der Waals surface area contributed by atoms with Crippen LogP contribution in [-0.2, 0) is 17.9 Å². The largest absolute Gasteiger partial charge is 0.494 e. The molecule has 0 aliphatic carbocycles. The minimum absolute atomic E-state index is 0.0178. The van der Waals surface area contributed by atoms with Gasteiger partial charge in [-0.3, -0.25) is 4.79 Å². The zero-order chi connectivity index (χ0) is 22.7. The molecule has 2 heterocycles. The molecule has 0 radical (unpaired) electrons. The van der Waals surface area contributed by atoms with Crippen molar-refractivity contribution in [3.8, 4) is 28.7 Å². The number of nitrogens with one attached hydrogen (secondary N) is 1. The summed E-state index contributed by atoms with van der Waals surface area (Å²) in [6.07, 6.45) is 1.69. The molecule has 7 nitrogen and oxygen atoms in total. The molecule has 2 aromatic heterocycles. The number of carbonyl (C=O) groups excluding carboxylic acids is 1. The third kappa shape index (κ3) is 4.62. The van der Waals surface area contributed by atoms with Crippen LogP contribution in [-0.4, -0.2) is 27.7 Å². The first kappa shape index (κ1) is 21.5. The number of amides is 1. The SMILES string of the molecule is COc1ccc(-c2noc(-c3cccn3CC(=O)NCc3ccc(F)cc3Cl)n2)cc1F. The van der Waals surface area contributed by atoms with Gasteiger partial charge in [0, 0.05) is 23.3 Å². The van der Waals surface area contributed by atoms with Gasteiger partial charge < -0.3 is 19.1 Å². The van der Waals surface area contributed by atoms with Crippen LogP contribution < -0.4 is 10.1 Å². The zero-order valence-electron chi connectivity index (χ0n) is 16.8. The standard InChI is InChI=1S/C22H17ClF2N4O3/c1-31-19-7-5-13(9-17(19)25)21-27-22(32-28-21)18-3-2-8-29(18)12-20(30)26-11-14-4-6-15(24)10-16(14)23/h2-10H,11-12H2,1H3,(H,26,30). The van der Waals surface area contributed by atoms with Crippen molar-refractivity contribution >= 4 is 17.5 Å². The lowest BCUT2D eigenvalue weighted by Gasteiger charge is -2.09. The summed E-state index contributed by atoms with van der Waals surface area (Å²) in [4.78, 5) is 16.7. The monoisotopic (exact) mass is 458 g/mol. The molecule has 0 aliphatic rings. The molecule has 0 unspecified atom stereocenters. The van der Waals surface area contributed by atoms with Gasteiger partial charge in [-0.05, 0) is 48.0 Å². The summed E-state index contributed by atoms with van der Waals surface area (Å²) in [7, 11) is 1.38. The van der Waals surface area contributed by atoms with E-state index in [-0.39, 0.29) is 41.5 Å². The maximum atomic E-state index is 14.0. The van der Waals surface area contributed by atoms with E-state index >= 15 is 0 Å². The normalized spacial score (nSPS) is 10.9. The molecule has 0 aliphatic heterocycles. The summed E-state index contributed by atoms with van der Waals surface area (Å²) in [5, 5.41) is 6.87. The molecule has 0 bridgehead atoms. The Balaban J connectivity index is 1.46. The average molecular weight is 459 g/mol. The van der Waals surface area contributed by atoms with Crippen LogP contribution in [0.15, 0.2) is 59.3 Å². The molecular weight excluding hydrogens is 442 g/mol. The van der Waals surface area contributed by atoms with Crippen molar-refractivity contribution in [3.63, 3.8) is 0 Å². The van der Waals surface area contributed by atoms with Crippen LogP contribution in [0.4, 0.5) is 8.78 Å². The summed E-state index contributed by atoms with van der Waals surface area (Å²) in [6, 6.07) is 11.8. The molecule has 164 valence electrons. The average Bonchev–Trinajstić information content (AvgIpc) is 3.42. The molecule has 0 saturated heterocycles. The lowest BCUT2D eigenvalue weighted by atomic mass is 10.2. The molecule has 10 heteroatoms. The Labute approximate surface area is 186 Å². The van der Waals surface area contributed by atoms with Gasteiger partial charge in [0.25, 0.3) is 5.89 Å². The highest BCUT2D eigenvalue weighted by Crippen LogP contribution is 2.26. The van der Waals surface area contributed by atoms with Crippen molar-refractivity contribution in [2.75, 3.05) is 7.11 Å². The van der Waals surface area contributed by atoms with Crippen LogP contribution in [0.5, 0.6) is 5.75 Å². The Bertz CT molecular complexity index is 1270. The van der Waals surface area contributed by atoms with Crippen LogP contribution >= 0.6 is 11.6 Å². The minimum atomic E-state index is -0.544. The number of nitrogens with zero attached hydrogens (tertiary/aromatic N) is 3. The van der Waals surface area contributed by atoms with Crippen molar-refractivity contribution in [3.05, 3.63) is 76.9 Å². The highest BCUT2D eigenvalue weighted by Gasteiger charge is 2.17. The maximum Gasteiger partial charge on any atom is 0.274 e. The Morgan fingerprint density at radius 1 is 1.22 bits per heavy atom. The van der Waals surface area contributed by atoms with Gasteiger partial charge in [0.15, 0.2) is 11.6 Å². The van der Waals surface area contributed by atoms with Gasteiger partial charge in [-0.25, -0.2) is 8.78 Å². The number of hydrogen-bond acceptors (Lipinski definition) is 5. The van der Waals surface area contributed by atoms with Gasteiger partial charge in [-0.2, -0.15) is 4.98 Å². The fourth-order valence-corrected chi connectivity index (χ4v) is 3.30. The second-order valence-corrected chi connectivity index (χ2v) is 7.21. The van der Waals surface area contributed by atoms with E-state index in [1.807, 2.05) is 0 Å². The number of hydrogen-bond donors (Lipinski definition) is 1. The van der Waals surface area contributed by atoms with Crippen molar-refractivity contribution in [1.82, 2.24) is 20.0 Å². The van der Waals surface area contributed by atoms with Crippen LogP contribution in [0.1, 0.15) is 5.56 Å². The highest BCUT2D eigenvalue weighted by atomic mass is 35.5. The number of aromatic nitrogens is 3. The molecule has 1 amide bonds. The molecule has 32 heavy (non-hydrogen) atoms. The number of ether oxygens (including phenoxy) is 1. The summed E-state index contributed by atoms with van der Waals surface area (Å²) in [6.45, 7) is 0.137. The van der Waals surface area contributed by atoms with Crippen molar-refractivity contribution in [1.29, 1.82) is 0 Å². The van der Waals surface area contributed by atoms with Crippen molar-refractivity contribution in [2.45, 2.75) is 13.1 Å². The van der Waals surface area contributed by atoms with Gasteiger partial charge in [0.2, 0.25) is 11.7 Å². The van der Waals surface area contributed by atoms with Crippen LogP contribution in [0.25, 0.3) is 23.0 Å². The minimum Gasteiger partial charge on any atom is -0.494 e. The second-order valence-electron chi connectivity index (χ2n) is 6.81. The van der Waals surface area contributed by atoms with Crippen LogP contribution in [0, 0.1) is 11.6 Å². The second kappa shape index (κ2) is 9.19. The first-order chi connectivity index (χ1) is 15.4. The first-order valence-electron chi connectivity index (χ1n) is 9.48. The van der Waals surface area contributed by atoms with Gasteiger partial charge in [-0.15, -0.1) is 0 Å². The number of carbonyl (C=O) groups is 1. The van der Waals surface area contributed by atoms with Gasteiger partial charge in [-0.1, -0.05) is 22.8 Å².